The smallest absolute Gasteiger partial charge is 0.280 e. The van der Waals surface area contributed by atoms with E-state index in [0.717, 1.165) is 22.6 Å². The number of aryl methyl sites for hydroxylation is 1. The van der Waals surface area contributed by atoms with Gasteiger partial charge < -0.3 is 20.0 Å². The Balaban J connectivity index is 1.58. The summed E-state index contributed by atoms with van der Waals surface area (Å²) < 4.78 is 6.29. The molecule has 1 saturated heterocycles. The molecule has 2 atom stereocenters. The number of furan rings is 1. The van der Waals surface area contributed by atoms with Crippen LogP contribution in [0.2, 0.25) is 0 Å². The van der Waals surface area contributed by atoms with Crippen molar-refractivity contribution >= 4 is 40.3 Å². The molecule has 5 rings (SSSR count). The quantitative estimate of drug-likeness (QED) is 0.169. The number of aromatic nitrogens is 1. The number of nitrogens with zero attached hydrogens (tertiary/aromatic N) is 3. The van der Waals surface area contributed by atoms with Gasteiger partial charge in [0, 0.05) is 30.1 Å². The summed E-state index contributed by atoms with van der Waals surface area (Å²) in [6.07, 6.45) is 2.10. The molecule has 192 valence electrons. The fraction of sp³-hybridized carbons (Fsp3) is 0.179. The van der Waals surface area contributed by atoms with Crippen LogP contribution in [0, 0.1) is 17.0 Å². The predicted octanol–water partition coefficient (Wildman–Crippen LogP) is 6.08. The fourth-order valence-corrected chi connectivity index (χ4v) is 4.94. The zero-order valence-electron chi connectivity index (χ0n) is 20.8. The van der Waals surface area contributed by atoms with Gasteiger partial charge in [-0.1, -0.05) is 25.1 Å². The lowest BCUT2D eigenvalue weighted by Crippen LogP contribution is -2.29. The first-order valence-electron chi connectivity index (χ1n) is 12.1. The number of rotatable bonds is 7. The lowest BCUT2D eigenvalue weighted by atomic mass is 10.0. The Morgan fingerprint density at radius 2 is 1.95 bits per heavy atom. The number of para-hydroxylation sites is 1. The number of amides is 1. The van der Waals surface area contributed by atoms with Gasteiger partial charge in [0.2, 0.25) is 5.91 Å². The maximum atomic E-state index is 11.9. The maximum absolute atomic E-state index is 11.9. The van der Waals surface area contributed by atoms with E-state index in [4.69, 9.17) is 16.6 Å². The number of hydrogen-bond acceptors (Lipinski definition) is 6. The van der Waals surface area contributed by atoms with E-state index < -0.39 is 11.0 Å². The van der Waals surface area contributed by atoms with E-state index in [1.807, 2.05) is 54.3 Å². The Morgan fingerprint density at radius 1 is 1.16 bits per heavy atom. The molecule has 1 aliphatic rings. The molecular formula is C28H25N5O4S. The third-order valence-electron chi connectivity index (χ3n) is 6.47. The van der Waals surface area contributed by atoms with Crippen LogP contribution in [0.25, 0.3) is 11.3 Å². The molecule has 0 aliphatic carbocycles. The van der Waals surface area contributed by atoms with Gasteiger partial charge in [-0.3, -0.25) is 19.9 Å². The number of hydrogen-bond donors (Lipinski definition) is 2. The molecule has 38 heavy (non-hydrogen) atoms. The topological polar surface area (TPSA) is 114 Å². The largest absolute Gasteiger partial charge is 0.459 e. The van der Waals surface area contributed by atoms with Gasteiger partial charge in [-0.25, -0.2) is 0 Å². The number of anilines is 2. The second-order valence-corrected chi connectivity index (χ2v) is 9.26. The minimum absolute atomic E-state index is 0.0352. The van der Waals surface area contributed by atoms with Crippen molar-refractivity contribution in [3.63, 3.8) is 0 Å². The number of carbonyl (C=O) groups excluding carboxylic acids is 1. The molecule has 1 aliphatic heterocycles. The number of carbonyl (C=O) groups is 1. The minimum atomic E-state index is -0.426. The molecule has 4 aromatic rings. The summed E-state index contributed by atoms with van der Waals surface area (Å²) in [5.74, 6) is 0.895. The number of nitro benzene ring substituents is 1. The lowest BCUT2D eigenvalue weighted by Gasteiger charge is -2.26. The molecular weight excluding hydrogens is 502 g/mol. The minimum Gasteiger partial charge on any atom is -0.459 e. The Labute approximate surface area is 224 Å². The van der Waals surface area contributed by atoms with Crippen LogP contribution in [0.4, 0.5) is 17.1 Å². The van der Waals surface area contributed by atoms with Crippen molar-refractivity contribution in [1.29, 1.82) is 0 Å². The van der Waals surface area contributed by atoms with Gasteiger partial charge in [0.1, 0.15) is 17.6 Å². The molecule has 2 aromatic heterocycles. The van der Waals surface area contributed by atoms with Crippen LogP contribution in [0.3, 0.4) is 0 Å². The first kappa shape index (κ1) is 25.1. The van der Waals surface area contributed by atoms with Gasteiger partial charge in [0.15, 0.2) is 5.11 Å². The SMILES string of the molecule is CCC(=O)Nc1ccc(N2C(=S)N[C@@H](c3ccccn3)[C@H]2c2ccc(-c3ccccc3[N+](=O)[O-])o2)cc1C. The van der Waals surface area contributed by atoms with Crippen LogP contribution in [-0.2, 0) is 4.79 Å². The summed E-state index contributed by atoms with van der Waals surface area (Å²) in [6.45, 7) is 3.73. The average molecular weight is 528 g/mol. The van der Waals surface area contributed by atoms with E-state index in [9.17, 15) is 14.9 Å². The van der Waals surface area contributed by atoms with E-state index in [1.165, 1.54) is 6.07 Å². The zero-order valence-corrected chi connectivity index (χ0v) is 21.6. The van der Waals surface area contributed by atoms with Gasteiger partial charge in [0.05, 0.1) is 22.2 Å². The van der Waals surface area contributed by atoms with Crippen molar-refractivity contribution in [1.82, 2.24) is 10.3 Å². The molecule has 1 fully saturated rings. The van der Waals surface area contributed by atoms with Crippen LogP contribution in [0.5, 0.6) is 0 Å². The highest BCUT2D eigenvalue weighted by Gasteiger charge is 2.42. The van der Waals surface area contributed by atoms with E-state index in [-0.39, 0.29) is 17.6 Å². The normalized spacial score (nSPS) is 16.8. The third-order valence-corrected chi connectivity index (χ3v) is 6.78. The predicted molar refractivity (Wildman–Crippen MR) is 149 cm³/mol. The molecule has 0 radical (unpaired) electrons. The van der Waals surface area contributed by atoms with Crippen LogP contribution < -0.4 is 15.5 Å². The third kappa shape index (κ3) is 4.73. The summed E-state index contributed by atoms with van der Waals surface area (Å²) in [5, 5.41) is 18.4. The monoisotopic (exact) mass is 527 g/mol. The summed E-state index contributed by atoms with van der Waals surface area (Å²) in [5.41, 5.74) is 3.55. The standard InChI is InChI=1S/C28H25N5O4S/c1-3-25(34)30-20-12-11-18(16-17(20)2)32-27(26(31-28(32)38)21-9-6-7-15-29-21)24-14-13-23(37-24)19-8-4-5-10-22(19)33(35)36/h4-16,26-27H,3H2,1-2H3,(H,30,34)(H,31,38)/t26-,27+/m0/s1. The van der Waals surface area contributed by atoms with Crippen molar-refractivity contribution in [3.05, 3.63) is 106 Å². The Morgan fingerprint density at radius 3 is 2.66 bits per heavy atom. The maximum Gasteiger partial charge on any atom is 0.280 e. The number of nitrogens with one attached hydrogen (secondary N) is 2. The second-order valence-electron chi connectivity index (χ2n) is 8.87. The molecule has 2 N–H and O–H groups in total. The summed E-state index contributed by atoms with van der Waals surface area (Å²) in [6, 6.07) is 20.6. The van der Waals surface area contributed by atoms with E-state index in [2.05, 4.69) is 15.6 Å². The molecule has 10 heteroatoms. The summed E-state index contributed by atoms with van der Waals surface area (Å²) in [7, 11) is 0. The highest BCUT2D eigenvalue weighted by Crippen LogP contribution is 2.44. The second kappa shape index (κ2) is 10.4. The first-order chi connectivity index (χ1) is 18.4. The first-order valence-corrected chi connectivity index (χ1v) is 12.5. The summed E-state index contributed by atoms with van der Waals surface area (Å²) in [4.78, 5) is 29.6. The van der Waals surface area contributed by atoms with Crippen LogP contribution >= 0.6 is 12.2 Å². The van der Waals surface area contributed by atoms with Crippen LogP contribution in [0.15, 0.2) is 83.4 Å². The van der Waals surface area contributed by atoms with Crippen molar-refractivity contribution < 1.29 is 14.1 Å². The fourth-order valence-electron chi connectivity index (χ4n) is 4.60. The molecule has 1 amide bonds. The van der Waals surface area contributed by atoms with Gasteiger partial charge in [-0.15, -0.1) is 0 Å². The van der Waals surface area contributed by atoms with E-state index >= 15 is 0 Å². The number of nitro groups is 1. The lowest BCUT2D eigenvalue weighted by molar-refractivity contribution is -0.384. The number of pyridine rings is 1. The van der Waals surface area contributed by atoms with E-state index in [1.54, 1.807) is 37.4 Å². The molecule has 9 nitrogen and oxygen atoms in total. The Hall–Kier alpha value is -4.57. The molecule has 3 heterocycles. The number of benzene rings is 2. The van der Waals surface area contributed by atoms with Crippen molar-refractivity contribution in [2.45, 2.75) is 32.4 Å². The van der Waals surface area contributed by atoms with Gasteiger partial charge in [0.25, 0.3) is 5.69 Å². The van der Waals surface area contributed by atoms with E-state index in [0.29, 0.717) is 28.6 Å². The van der Waals surface area contributed by atoms with Gasteiger partial charge in [-0.05, 0) is 73.2 Å². The highest BCUT2D eigenvalue weighted by molar-refractivity contribution is 7.80. The van der Waals surface area contributed by atoms with Crippen LogP contribution in [0.1, 0.15) is 42.4 Å². The van der Waals surface area contributed by atoms with Crippen molar-refractivity contribution in [2.24, 2.45) is 0 Å². The van der Waals surface area contributed by atoms with Crippen LogP contribution in [-0.4, -0.2) is 20.9 Å². The molecule has 2 aromatic carbocycles. The van der Waals surface area contributed by atoms with Gasteiger partial charge >= 0.3 is 0 Å². The molecule has 0 bridgehead atoms. The average Bonchev–Trinajstić information content (AvgIpc) is 3.54. The highest BCUT2D eigenvalue weighted by atomic mass is 32.1. The Kier molecular flexibility index (Phi) is 6.89. The molecule has 0 unspecified atom stereocenters. The molecule has 0 saturated carbocycles. The number of thiocarbonyl (C=S) groups is 1. The summed E-state index contributed by atoms with van der Waals surface area (Å²) >= 11 is 5.78. The van der Waals surface area contributed by atoms with Crippen molar-refractivity contribution in [2.75, 3.05) is 10.2 Å². The zero-order chi connectivity index (χ0) is 26.8. The molecule has 0 spiro atoms. The Bertz CT molecular complexity index is 1520. The van der Waals surface area contributed by atoms with Crippen molar-refractivity contribution in [3.8, 4) is 11.3 Å². The van der Waals surface area contributed by atoms with Gasteiger partial charge in [-0.2, -0.15) is 0 Å².